The van der Waals surface area contributed by atoms with Crippen LogP contribution in [0.5, 0.6) is 0 Å². The molecular weight excluding hydrogens is 390 g/mol. The van der Waals surface area contributed by atoms with Gasteiger partial charge in [-0.15, -0.1) is 23.5 Å². The van der Waals surface area contributed by atoms with Crippen LogP contribution < -0.4 is 0 Å². The highest BCUT2D eigenvalue weighted by Crippen LogP contribution is 2.76. The topological polar surface area (TPSA) is 0 Å². The van der Waals surface area contributed by atoms with Gasteiger partial charge in [-0.2, -0.15) is 0 Å². The highest BCUT2D eigenvalue weighted by atomic mass is 127. The molecule has 3 aliphatic rings. The van der Waals surface area contributed by atoms with Crippen LogP contribution in [0.3, 0.4) is 0 Å². The van der Waals surface area contributed by atoms with Crippen molar-refractivity contribution in [3.8, 4) is 0 Å². The van der Waals surface area contributed by atoms with E-state index in [0.717, 1.165) is 15.7 Å². The van der Waals surface area contributed by atoms with E-state index in [0.29, 0.717) is 2.75 Å². The average molecular weight is 394 g/mol. The third-order valence-corrected chi connectivity index (χ3v) is 9.37. The predicted molar refractivity (Wildman–Crippen MR) is 65.4 cm³/mol. The lowest BCUT2D eigenvalue weighted by atomic mass is 10.1. The van der Waals surface area contributed by atoms with E-state index in [4.69, 9.17) is 0 Å². The average Bonchev–Trinajstić information content (AvgIpc) is 2.61. The molecular formula is C6H4I2S2. The third-order valence-electron chi connectivity index (χ3n) is 2.09. The quantitative estimate of drug-likeness (QED) is 0.352. The van der Waals surface area contributed by atoms with Gasteiger partial charge in [0.1, 0.15) is 0 Å². The number of alkyl halides is 1. The van der Waals surface area contributed by atoms with Gasteiger partial charge in [-0.05, 0) is 22.6 Å². The van der Waals surface area contributed by atoms with E-state index in [1.54, 1.807) is 3.58 Å². The van der Waals surface area contributed by atoms with E-state index in [-0.39, 0.29) is 0 Å². The molecule has 10 heavy (non-hydrogen) atoms. The maximum Gasteiger partial charge on any atom is 0.0974 e. The van der Waals surface area contributed by atoms with Crippen LogP contribution in [0.2, 0.25) is 0 Å². The molecule has 0 amide bonds. The Morgan fingerprint density at radius 3 is 3.20 bits per heavy atom. The number of halogens is 2. The lowest BCUT2D eigenvalue weighted by Crippen LogP contribution is -2.18. The van der Waals surface area contributed by atoms with Gasteiger partial charge in [-0.25, -0.2) is 0 Å². The first-order valence-electron chi connectivity index (χ1n) is 3.11. The third kappa shape index (κ3) is 0.821. The molecule has 4 atom stereocenters. The second kappa shape index (κ2) is 2.04. The summed E-state index contributed by atoms with van der Waals surface area (Å²) < 4.78 is 2.22. The van der Waals surface area contributed by atoms with Crippen LogP contribution in [0.25, 0.3) is 0 Å². The summed E-state index contributed by atoms with van der Waals surface area (Å²) in [5.74, 6) is 0. The molecule has 0 spiro atoms. The van der Waals surface area contributed by atoms with Crippen molar-refractivity contribution in [1.82, 2.24) is 0 Å². The van der Waals surface area contributed by atoms with E-state index < -0.39 is 0 Å². The summed E-state index contributed by atoms with van der Waals surface area (Å²) in [6.45, 7) is 0. The smallest absolute Gasteiger partial charge is 0.0974 e. The van der Waals surface area contributed by atoms with E-state index in [1.807, 2.05) is 0 Å². The molecule has 0 aromatic carbocycles. The van der Waals surface area contributed by atoms with Crippen molar-refractivity contribution in [1.29, 1.82) is 0 Å². The normalized spacial score (nSPS) is 62.2. The molecule has 2 heterocycles. The van der Waals surface area contributed by atoms with Crippen LogP contribution in [0.4, 0.5) is 0 Å². The van der Waals surface area contributed by atoms with Crippen LogP contribution in [-0.2, 0) is 0 Å². The zero-order valence-corrected chi connectivity index (χ0v) is 10.8. The van der Waals surface area contributed by atoms with E-state index in [9.17, 15) is 0 Å². The van der Waals surface area contributed by atoms with Crippen molar-refractivity contribution in [2.24, 2.45) is 0 Å². The molecule has 0 saturated carbocycles. The lowest BCUT2D eigenvalue weighted by Gasteiger charge is -2.07. The van der Waals surface area contributed by atoms with Crippen molar-refractivity contribution in [2.45, 2.75) is 18.5 Å². The van der Waals surface area contributed by atoms with Crippen LogP contribution in [0.15, 0.2) is 9.66 Å². The second-order valence-corrected chi connectivity index (χ2v) is 9.24. The Morgan fingerprint density at radius 2 is 2.40 bits per heavy atom. The highest BCUT2D eigenvalue weighted by molar-refractivity contribution is 14.1. The maximum atomic E-state index is 2.64. The van der Waals surface area contributed by atoms with E-state index in [2.05, 4.69) is 74.8 Å². The summed E-state index contributed by atoms with van der Waals surface area (Å²) in [6.07, 6.45) is 2.46. The van der Waals surface area contributed by atoms with Gasteiger partial charge in [0.25, 0.3) is 0 Å². The summed E-state index contributed by atoms with van der Waals surface area (Å²) in [5.41, 5.74) is 0. The molecule has 1 aliphatic carbocycles. The first kappa shape index (κ1) is 7.32. The van der Waals surface area contributed by atoms with Crippen molar-refractivity contribution in [3.05, 3.63) is 9.66 Å². The number of rotatable bonds is 0. The van der Waals surface area contributed by atoms with Crippen molar-refractivity contribution in [3.63, 3.8) is 0 Å². The summed E-state index contributed by atoms with van der Waals surface area (Å²) in [6, 6.07) is 0. The minimum absolute atomic E-state index is 0.623. The molecule has 2 saturated heterocycles. The SMILES string of the molecule is IC1=CC2SC2C2(I)SC12. The Hall–Kier alpha value is 1.90. The zero-order valence-electron chi connectivity index (χ0n) is 4.88. The molecule has 0 N–H and O–H groups in total. The Bertz CT molecular complexity index is 240. The van der Waals surface area contributed by atoms with Crippen LogP contribution in [0, 0.1) is 0 Å². The predicted octanol–water partition coefficient (Wildman–Crippen LogP) is 3.05. The van der Waals surface area contributed by atoms with Gasteiger partial charge in [0.15, 0.2) is 0 Å². The van der Waals surface area contributed by atoms with Crippen molar-refractivity contribution < 1.29 is 0 Å². The molecule has 4 unspecified atom stereocenters. The Labute approximate surface area is 95.6 Å². The molecule has 2 fully saturated rings. The summed E-state index contributed by atoms with van der Waals surface area (Å²) in [4.78, 5) is 0. The minimum atomic E-state index is 0.623. The molecule has 0 nitrogen and oxygen atoms in total. The largest absolute Gasteiger partial charge is 0.146 e. The Morgan fingerprint density at radius 1 is 1.60 bits per heavy atom. The van der Waals surface area contributed by atoms with Crippen LogP contribution >= 0.6 is 68.7 Å². The van der Waals surface area contributed by atoms with Crippen molar-refractivity contribution in [2.75, 3.05) is 0 Å². The molecule has 4 heteroatoms. The van der Waals surface area contributed by atoms with Crippen LogP contribution in [-0.4, -0.2) is 18.5 Å². The van der Waals surface area contributed by atoms with Gasteiger partial charge in [0.2, 0.25) is 0 Å². The Balaban J connectivity index is 2.06. The molecule has 0 aromatic rings. The lowest BCUT2D eigenvalue weighted by molar-refractivity contribution is 0.908. The standard InChI is InChI=1S/C6H4I2S2/c7-2-1-3-5(9-3)6(8)4(2)10-6/h1,3-5H. The van der Waals surface area contributed by atoms with Gasteiger partial charge in [0, 0.05) is 14.1 Å². The zero-order chi connectivity index (χ0) is 6.93. The van der Waals surface area contributed by atoms with Gasteiger partial charge in [-0.1, -0.05) is 28.7 Å². The number of hydrogen-bond donors (Lipinski definition) is 0. The molecule has 54 valence electrons. The minimum Gasteiger partial charge on any atom is -0.146 e. The number of thioether (sulfide) groups is 2. The van der Waals surface area contributed by atoms with Gasteiger partial charge in [0.05, 0.1) is 8.00 Å². The first-order chi connectivity index (χ1) is 4.72. The fourth-order valence-electron chi connectivity index (χ4n) is 1.42. The summed E-state index contributed by atoms with van der Waals surface area (Å²) >= 11 is 9.43. The molecule has 0 radical (unpaired) electrons. The summed E-state index contributed by atoms with van der Waals surface area (Å²) in [5, 5.41) is 2.71. The fraction of sp³-hybridized carbons (Fsp3) is 0.667. The first-order valence-corrected chi connectivity index (χ1v) is 7.09. The number of hydrogen-bond acceptors (Lipinski definition) is 2. The van der Waals surface area contributed by atoms with E-state index in [1.165, 1.54) is 0 Å². The molecule has 0 aromatic heterocycles. The summed E-state index contributed by atoms with van der Waals surface area (Å²) in [7, 11) is 0. The van der Waals surface area contributed by atoms with Crippen LogP contribution in [0.1, 0.15) is 0 Å². The van der Waals surface area contributed by atoms with Gasteiger partial charge >= 0.3 is 0 Å². The maximum absolute atomic E-state index is 2.64. The molecule has 3 rings (SSSR count). The fourth-order valence-corrected chi connectivity index (χ4v) is 8.53. The highest BCUT2D eigenvalue weighted by Gasteiger charge is 2.69. The second-order valence-electron chi connectivity index (χ2n) is 2.77. The van der Waals surface area contributed by atoms with E-state index >= 15 is 0 Å². The van der Waals surface area contributed by atoms with Gasteiger partial charge in [-0.3, -0.25) is 0 Å². The molecule has 0 bridgehead atoms. The van der Waals surface area contributed by atoms with Gasteiger partial charge < -0.3 is 0 Å². The number of fused-ring (bicyclic) bond motifs is 3. The molecule has 2 aliphatic heterocycles. The Kier molecular flexibility index (Phi) is 1.49. The van der Waals surface area contributed by atoms with Crippen molar-refractivity contribution >= 4 is 68.7 Å². The monoisotopic (exact) mass is 394 g/mol.